The molecule has 0 aromatic heterocycles. The zero-order valence-electron chi connectivity index (χ0n) is 10.8. The van der Waals surface area contributed by atoms with Crippen molar-refractivity contribution in [2.24, 2.45) is 0 Å². The van der Waals surface area contributed by atoms with Crippen molar-refractivity contribution in [2.45, 2.75) is 13.0 Å². The van der Waals surface area contributed by atoms with Crippen LogP contribution in [-0.4, -0.2) is 40.1 Å². The number of halogens is 1. The second-order valence-electron chi connectivity index (χ2n) is 4.44. The number of hydrogen-bond donors (Lipinski definition) is 1. The number of nitro benzene ring substituents is 1. The van der Waals surface area contributed by atoms with Crippen LogP contribution in [0.15, 0.2) is 18.2 Å². The summed E-state index contributed by atoms with van der Waals surface area (Å²) in [6, 6.07) is 1.75. The molecule has 3 amide bonds. The molecule has 9 heteroatoms. The molecule has 1 unspecified atom stereocenters. The van der Waals surface area contributed by atoms with Crippen LogP contribution in [0.25, 0.3) is 0 Å². The first-order chi connectivity index (χ1) is 9.81. The highest BCUT2D eigenvalue weighted by atomic mass is 19.1. The van der Waals surface area contributed by atoms with E-state index in [1.165, 1.54) is 6.92 Å². The third-order valence-electron chi connectivity index (χ3n) is 3.08. The number of benzene rings is 1. The summed E-state index contributed by atoms with van der Waals surface area (Å²) >= 11 is 0. The summed E-state index contributed by atoms with van der Waals surface area (Å²) in [6.07, 6.45) is 0. The molecule has 8 nitrogen and oxygen atoms in total. The highest BCUT2D eigenvalue weighted by molar-refractivity contribution is 6.07. The van der Waals surface area contributed by atoms with E-state index in [1.807, 2.05) is 0 Å². The Bertz CT molecular complexity index is 660. The van der Waals surface area contributed by atoms with Gasteiger partial charge in [-0.3, -0.25) is 29.8 Å². The lowest BCUT2D eigenvalue weighted by atomic mass is 10.1. The van der Waals surface area contributed by atoms with Crippen LogP contribution >= 0.6 is 0 Å². The Balaban J connectivity index is 2.31. The number of carbonyl (C=O) groups is 3. The molecule has 1 heterocycles. The van der Waals surface area contributed by atoms with Crippen LogP contribution < -0.4 is 5.32 Å². The number of amides is 3. The maximum atomic E-state index is 13.5. The van der Waals surface area contributed by atoms with Gasteiger partial charge >= 0.3 is 5.69 Å². The van der Waals surface area contributed by atoms with Crippen molar-refractivity contribution in [3.8, 4) is 0 Å². The first-order valence-corrected chi connectivity index (χ1v) is 5.90. The second kappa shape index (κ2) is 5.27. The fourth-order valence-corrected chi connectivity index (χ4v) is 1.92. The van der Waals surface area contributed by atoms with Gasteiger partial charge in [0.1, 0.15) is 12.6 Å². The van der Waals surface area contributed by atoms with E-state index in [0.29, 0.717) is 6.07 Å². The number of imide groups is 1. The van der Waals surface area contributed by atoms with E-state index in [1.54, 1.807) is 0 Å². The summed E-state index contributed by atoms with van der Waals surface area (Å²) in [5, 5.41) is 12.6. The normalized spacial score (nSPS) is 18.4. The van der Waals surface area contributed by atoms with E-state index in [9.17, 15) is 28.9 Å². The standard InChI is InChI=1S/C12H10FN3O5/c1-6-11(18)14-10(17)5-15(6)12(19)7-2-3-9(16(20)21)8(13)4-7/h2-4,6H,5H2,1H3,(H,14,17,18). The van der Waals surface area contributed by atoms with E-state index in [4.69, 9.17) is 0 Å². The summed E-state index contributed by atoms with van der Waals surface area (Å²) in [6.45, 7) is 1.08. The molecule has 1 aromatic carbocycles. The molecule has 0 saturated carbocycles. The highest BCUT2D eigenvalue weighted by Gasteiger charge is 2.34. The number of piperazine rings is 1. The van der Waals surface area contributed by atoms with E-state index in [2.05, 4.69) is 5.32 Å². The van der Waals surface area contributed by atoms with Gasteiger partial charge in [0.05, 0.1) is 4.92 Å². The van der Waals surface area contributed by atoms with E-state index in [-0.39, 0.29) is 12.1 Å². The maximum absolute atomic E-state index is 13.5. The van der Waals surface area contributed by atoms with Crippen molar-refractivity contribution in [1.29, 1.82) is 0 Å². The molecule has 1 fully saturated rings. The number of hydrogen-bond acceptors (Lipinski definition) is 5. The minimum absolute atomic E-state index is 0.174. The Morgan fingerprint density at radius 1 is 1.48 bits per heavy atom. The molecule has 1 aromatic rings. The van der Waals surface area contributed by atoms with E-state index >= 15 is 0 Å². The molecule has 0 bridgehead atoms. The molecule has 1 N–H and O–H groups in total. The van der Waals surface area contributed by atoms with Gasteiger partial charge < -0.3 is 4.90 Å². The van der Waals surface area contributed by atoms with Crippen LogP contribution in [0.1, 0.15) is 17.3 Å². The largest absolute Gasteiger partial charge is 0.318 e. The first kappa shape index (κ1) is 14.6. The zero-order valence-corrected chi connectivity index (χ0v) is 10.8. The van der Waals surface area contributed by atoms with Gasteiger partial charge in [0.2, 0.25) is 17.6 Å². The molecule has 1 aliphatic rings. The lowest BCUT2D eigenvalue weighted by molar-refractivity contribution is -0.387. The Morgan fingerprint density at radius 2 is 2.14 bits per heavy atom. The van der Waals surface area contributed by atoms with E-state index < -0.39 is 40.2 Å². The quantitative estimate of drug-likeness (QED) is 0.477. The van der Waals surface area contributed by atoms with Gasteiger partial charge in [0, 0.05) is 11.6 Å². The molecular formula is C12H10FN3O5. The summed E-state index contributed by atoms with van der Waals surface area (Å²) in [5.41, 5.74) is -0.931. The van der Waals surface area contributed by atoms with Crippen molar-refractivity contribution in [1.82, 2.24) is 10.2 Å². The molecule has 1 aliphatic heterocycles. The SMILES string of the molecule is CC1C(=O)NC(=O)CN1C(=O)c1ccc([N+](=O)[O-])c(F)c1. The summed E-state index contributed by atoms with van der Waals surface area (Å²) < 4.78 is 13.5. The van der Waals surface area contributed by atoms with Crippen LogP contribution in [0.5, 0.6) is 0 Å². The molecule has 110 valence electrons. The minimum Gasteiger partial charge on any atom is -0.318 e. The first-order valence-electron chi connectivity index (χ1n) is 5.90. The summed E-state index contributed by atoms with van der Waals surface area (Å²) in [7, 11) is 0. The third-order valence-corrected chi connectivity index (χ3v) is 3.08. The fourth-order valence-electron chi connectivity index (χ4n) is 1.92. The van der Waals surface area contributed by atoms with Gasteiger partial charge in [0.25, 0.3) is 5.91 Å². The van der Waals surface area contributed by atoms with Gasteiger partial charge in [-0.1, -0.05) is 0 Å². The summed E-state index contributed by atoms with van der Waals surface area (Å²) in [5.74, 6) is -3.19. The molecule has 0 spiro atoms. The van der Waals surface area contributed by atoms with Gasteiger partial charge in [-0.15, -0.1) is 0 Å². The van der Waals surface area contributed by atoms with Crippen molar-refractivity contribution in [2.75, 3.05) is 6.54 Å². The monoisotopic (exact) mass is 295 g/mol. The van der Waals surface area contributed by atoms with Crippen molar-refractivity contribution in [3.63, 3.8) is 0 Å². The van der Waals surface area contributed by atoms with Gasteiger partial charge in [-0.25, -0.2) is 0 Å². The van der Waals surface area contributed by atoms with Crippen LogP contribution in [-0.2, 0) is 9.59 Å². The number of carbonyl (C=O) groups excluding carboxylic acids is 3. The fraction of sp³-hybridized carbons (Fsp3) is 0.250. The van der Waals surface area contributed by atoms with Crippen molar-refractivity contribution in [3.05, 3.63) is 39.7 Å². The lowest BCUT2D eigenvalue weighted by Crippen LogP contribution is -2.58. The number of rotatable bonds is 2. The average molecular weight is 295 g/mol. The van der Waals surface area contributed by atoms with Crippen LogP contribution in [0.4, 0.5) is 10.1 Å². The maximum Gasteiger partial charge on any atom is 0.304 e. The molecule has 0 aliphatic carbocycles. The molecule has 1 saturated heterocycles. The van der Waals surface area contributed by atoms with Crippen molar-refractivity contribution < 1.29 is 23.7 Å². The van der Waals surface area contributed by atoms with Gasteiger partial charge in [-0.05, 0) is 19.1 Å². The molecule has 0 radical (unpaired) electrons. The average Bonchev–Trinajstić information content (AvgIpc) is 2.41. The Labute approximate surface area is 117 Å². The zero-order chi connectivity index (χ0) is 15.7. The molecule has 1 atom stereocenters. The highest BCUT2D eigenvalue weighted by Crippen LogP contribution is 2.20. The Morgan fingerprint density at radius 3 is 2.71 bits per heavy atom. The molecule has 21 heavy (non-hydrogen) atoms. The van der Waals surface area contributed by atoms with E-state index in [0.717, 1.165) is 17.0 Å². The minimum atomic E-state index is -1.16. The van der Waals surface area contributed by atoms with Crippen molar-refractivity contribution >= 4 is 23.4 Å². The Hall–Kier alpha value is -2.84. The second-order valence-corrected chi connectivity index (χ2v) is 4.44. The predicted molar refractivity (Wildman–Crippen MR) is 66.7 cm³/mol. The number of nitro groups is 1. The topological polar surface area (TPSA) is 110 Å². The Kier molecular flexibility index (Phi) is 3.66. The van der Waals surface area contributed by atoms with Gasteiger partial charge in [0.15, 0.2) is 0 Å². The third kappa shape index (κ3) is 2.71. The van der Waals surface area contributed by atoms with Gasteiger partial charge in [-0.2, -0.15) is 4.39 Å². The molecular weight excluding hydrogens is 285 g/mol. The summed E-state index contributed by atoms with van der Waals surface area (Å²) in [4.78, 5) is 45.5. The predicted octanol–water partition coefficient (Wildman–Crippen LogP) is 0.221. The van der Waals surface area contributed by atoms with Crippen LogP contribution in [0, 0.1) is 15.9 Å². The van der Waals surface area contributed by atoms with Crippen LogP contribution in [0.3, 0.4) is 0 Å². The number of nitrogens with zero attached hydrogens (tertiary/aromatic N) is 2. The smallest absolute Gasteiger partial charge is 0.304 e. The molecule has 2 rings (SSSR count). The van der Waals surface area contributed by atoms with Crippen LogP contribution in [0.2, 0.25) is 0 Å². The lowest BCUT2D eigenvalue weighted by Gasteiger charge is -2.31. The number of nitrogens with one attached hydrogen (secondary N) is 1.